The van der Waals surface area contributed by atoms with E-state index >= 15 is 0 Å². The van der Waals surface area contributed by atoms with Gasteiger partial charge in [0.05, 0.1) is 0 Å². The van der Waals surface area contributed by atoms with Gasteiger partial charge in [0, 0.05) is 24.2 Å². The molecule has 150 valence electrons. The van der Waals surface area contributed by atoms with E-state index in [-0.39, 0.29) is 17.0 Å². The Labute approximate surface area is 167 Å². The van der Waals surface area contributed by atoms with Crippen molar-refractivity contribution >= 4 is 11.8 Å². The number of esters is 1. The Hall–Kier alpha value is -1.12. The van der Waals surface area contributed by atoms with Gasteiger partial charge in [-0.15, -0.1) is 0 Å². The molecule has 0 N–H and O–H groups in total. The number of hydrogen-bond acceptors (Lipinski definition) is 3. The number of ketones is 1. The number of rotatable bonds is 1. The van der Waals surface area contributed by atoms with Gasteiger partial charge in [-0.2, -0.15) is 0 Å². The lowest BCUT2D eigenvalue weighted by Crippen LogP contribution is -2.57. The molecule has 9 atom stereocenters. The molecule has 0 aromatic heterocycles. The summed E-state index contributed by atoms with van der Waals surface area (Å²) in [5, 5.41) is 0. The third-order valence-corrected chi connectivity index (χ3v) is 10.7. The van der Waals surface area contributed by atoms with Crippen LogP contribution in [0.2, 0.25) is 0 Å². The van der Waals surface area contributed by atoms with Crippen LogP contribution in [0, 0.1) is 52.8 Å². The van der Waals surface area contributed by atoms with Gasteiger partial charge in [0.1, 0.15) is 5.60 Å². The first-order valence-corrected chi connectivity index (χ1v) is 12.0. The van der Waals surface area contributed by atoms with Crippen LogP contribution in [0.4, 0.5) is 0 Å². The van der Waals surface area contributed by atoms with Crippen molar-refractivity contribution in [3.05, 3.63) is 11.6 Å². The molecule has 3 heteroatoms. The van der Waals surface area contributed by atoms with Crippen LogP contribution in [0.15, 0.2) is 11.6 Å². The van der Waals surface area contributed by atoms with Gasteiger partial charge in [0.2, 0.25) is 0 Å². The molecule has 3 nitrogen and oxygen atoms in total. The van der Waals surface area contributed by atoms with E-state index in [1.165, 1.54) is 44.1 Å². The minimum atomic E-state index is -0.128. The molecule has 28 heavy (non-hydrogen) atoms. The number of carbonyl (C=O) groups excluding carboxylic acids is 2. The predicted molar refractivity (Wildman–Crippen MR) is 104 cm³/mol. The van der Waals surface area contributed by atoms with Gasteiger partial charge < -0.3 is 4.74 Å². The first kappa shape index (κ1) is 16.7. The average molecular weight is 381 g/mol. The van der Waals surface area contributed by atoms with E-state index in [1.54, 1.807) is 0 Å². The highest BCUT2D eigenvalue weighted by molar-refractivity contribution is 5.91. The van der Waals surface area contributed by atoms with Crippen molar-refractivity contribution < 1.29 is 14.3 Å². The van der Waals surface area contributed by atoms with E-state index in [2.05, 4.69) is 13.0 Å². The van der Waals surface area contributed by atoms with Crippen molar-refractivity contribution in [2.75, 3.05) is 0 Å². The Bertz CT molecular complexity index is 809. The monoisotopic (exact) mass is 380 g/mol. The number of fused-ring (bicyclic) bond motifs is 9. The molecular formula is C25H32O3. The molecule has 0 aromatic rings. The lowest BCUT2D eigenvalue weighted by atomic mass is 9.46. The van der Waals surface area contributed by atoms with Crippen molar-refractivity contribution in [3.8, 4) is 0 Å². The highest BCUT2D eigenvalue weighted by atomic mass is 16.6. The summed E-state index contributed by atoms with van der Waals surface area (Å²) in [5.41, 5.74) is 1.59. The van der Waals surface area contributed by atoms with E-state index in [0.717, 1.165) is 54.8 Å². The molecule has 1 heterocycles. The molecule has 0 bridgehead atoms. The summed E-state index contributed by atoms with van der Waals surface area (Å²) in [7, 11) is 0. The van der Waals surface area contributed by atoms with Gasteiger partial charge >= 0.3 is 5.97 Å². The van der Waals surface area contributed by atoms with E-state index in [4.69, 9.17) is 4.74 Å². The smallest absolute Gasteiger partial charge is 0.306 e. The standard InChI is InChI=1S/C25H32O3/c1-24-8-6-17-16-5-4-15(26)10-14(16)11-18(13-2-3-13)22(17)23(24)19-12-20(19)25(24)9-7-21(27)28-25/h10,13,16-20,22-23H,2-9,11-12H2,1H3/t16?,17?,18-,19?,20?,22?,23?,24-,25-/m0/s1. The maximum absolute atomic E-state index is 12.2. The minimum Gasteiger partial charge on any atom is -0.458 e. The quantitative estimate of drug-likeness (QED) is 0.620. The summed E-state index contributed by atoms with van der Waals surface area (Å²) >= 11 is 0. The summed E-state index contributed by atoms with van der Waals surface area (Å²) < 4.78 is 6.25. The van der Waals surface area contributed by atoms with Crippen molar-refractivity contribution in [1.82, 2.24) is 0 Å². The van der Waals surface area contributed by atoms with Crippen LogP contribution in [0.3, 0.4) is 0 Å². The zero-order valence-corrected chi connectivity index (χ0v) is 17.0. The molecule has 6 unspecified atom stereocenters. The Morgan fingerprint density at radius 3 is 2.61 bits per heavy atom. The molecule has 6 aliphatic carbocycles. The van der Waals surface area contributed by atoms with E-state index in [0.29, 0.717) is 24.0 Å². The molecule has 0 amide bonds. The maximum Gasteiger partial charge on any atom is 0.306 e. The second kappa shape index (κ2) is 5.13. The first-order chi connectivity index (χ1) is 13.5. The fourth-order valence-corrected chi connectivity index (χ4v) is 9.63. The Kier molecular flexibility index (Phi) is 3.05. The van der Waals surface area contributed by atoms with Crippen LogP contribution in [-0.4, -0.2) is 17.4 Å². The van der Waals surface area contributed by atoms with E-state index in [1.807, 2.05) is 0 Å². The third kappa shape index (κ3) is 1.88. The maximum atomic E-state index is 12.2. The summed E-state index contributed by atoms with van der Waals surface area (Å²) in [5.74, 6) is 6.60. The Morgan fingerprint density at radius 2 is 1.86 bits per heavy atom. The van der Waals surface area contributed by atoms with E-state index < -0.39 is 0 Å². The van der Waals surface area contributed by atoms with Crippen LogP contribution in [-0.2, 0) is 14.3 Å². The summed E-state index contributed by atoms with van der Waals surface area (Å²) in [6.07, 6.45) is 13.4. The summed E-state index contributed by atoms with van der Waals surface area (Å²) in [6, 6.07) is 0. The predicted octanol–water partition coefficient (Wildman–Crippen LogP) is 4.70. The van der Waals surface area contributed by atoms with Crippen molar-refractivity contribution in [3.63, 3.8) is 0 Å². The third-order valence-electron chi connectivity index (χ3n) is 10.7. The Balaban J connectivity index is 1.32. The van der Waals surface area contributed by atoms with Crippen LogP contribution in [0.5, 0.6) is 0 Å². The van der Waals surface area contributed by atoms with Gasteiger partial charge in [0.25, 0.3) is 0 Å². The van der Waals surface area contributed by atoms with Crippen molar-refractivity contribution in [2.24, 2.45) is 52.8 Å². The van der Waals surface area contributed by atoms with Gasteiger partial charge in [-0.05, 0) is 98.9 Å². The van der Waals surface area contributed by atoms with Crippen molar-refractivity contribution in [1.29, 1.82) is 0 Å². The molecule has 1 aliphatic heterocycles. The molecule has 7 aliphatic rings. The van der Waals surface area contributed by atoms with Crippen LogP contribution < -0.4 is 0 Å². The highest BCUT2D eigenvalue weighted by Crippen LogP contribution is 2.79. The number of hydrogen-bond donors (Lipinski definition) is 0. The van der Waals surface area contributed by atoms with Crippen LogP contribution >= 0.6 is 0 Å². The zero-order valence-electron chi connectivity index (χ0n) is 17.0. The number of ether oxygens (including phenoxy) is 1. The van der Waals surface area contributed by atoms with Crippen LogP contribution in [0.25, 0.3) is 0 Å². The number of allylic oxidation sites excluding steroid dienone is 1. The molecule has 6 fully saturated rings. The molecule has 5 saturated carbocycles. The lowest BCUT2D eigenvalue weighted by molar-refractivity contribution is -0.177. The van der Waals surface area contributed by atoms with E-state index in [9.17, 15) is 9.59 Å². The second-order valence-corrected chi connectivity index (χ2v) is 11.6. The SMILES string of the molecule is C[C@]12CCC3C4CCC(=O)C=C4C[C@@H](C4CC4)C3C1C1CC1[C@@]21CCC(=O)O1. The zero-order chi connectivity index (χ0) is 18.8. The first-order valence-electron chi connectivity index (χ1n) is 12.0. The van der Waals surface area contributed by atoms with Gasteiger partial charge in [-0.1, -0.05) is 12.5 Å². The molecule has 0 radical (unpaired) electrons. The van der Waals surface area contributed by atoms with Gasteiger partial charge in [-0.25, -0.2) is 0 Å². The molecule has 1 saturated heterocycles. The number of carbonyl (C=O) groups is 2. The van der Waals surface area contributed by atoms with Crippen molar-refractivity contribution in [2.45, 2.75) is 76.7 Å². The second-order valence-electron chi connectivity index (χ2n) is 11.6. The fourth-order valence-electron chi connectivity index (χ4n) is 9.63. The normalized spacial score (nSPS) is 56.5. The van der Waals surface area contributed by atoms with Crippen LogP contribution in [0.1, 0.15) is 71.1 Å². The highest BCUT2D eigenvalue weighted by Gasteiger charge is 2.79. The molecular weight excluding hydrogens is 348 g/mol. The largest absolute Gasteiger partial charge is 0.458 e. The minimum absolute atomic E-state index is 0.0630. The molecule has 0 aromatic carbocycles. The summed E-state index contributed by atoms with van der Waals surface area (Å²) in [6.45, 7) is 2.51. The lowest BCUT2D eigenvalue weighted by Gasteiger charge is -2.59. The van der Waals surface area contributed by atoms with Gasteiger partial charge in [-0.3, -0.25) is 9.59 Å². The molecule has 1 spiro atoms. The Morgan fingerprint density at radius 1 is 1.00 bits per heavy atom. The van der Waals surface area contributed by atoms with Gasteiger partial charge in [0.15, 0.2) is 5.78 Å². The summed E-state index contributed by atoms with van der Waals surface area (Å²) in [4.78, 5) is 24.3. The average Bonchev–Trinajstić information content (AvgIpc) is 3.59. The fraction of sp³-hybridized carbons (Fsp3) is 0.840. The topological polar surface area (TPSA) is 43.4 Å². The molecule has 7 rings (SSSR count).